The molecular weight excluding hydrogens is 212 g/mol. The van der Waals surface area contributed by atoms with Crippen LogP contribution in [0.5, 0.6) is 0 Å². The Labute approximate surface area is 94.5 Å². The van der Waals surface area contributed by atoms with Crippen molar-refractivity contribution in [1.82, 2.24) is 9.97 Å². The molecule has 1 aromatic rings. The fourth-order valence-corrected chi connectivity index (χ4v) is 1.40. The molecule has 0 saturated carbocycles. The molecule has 0 N–H and O–H groups in total. The lowest BCUT2D eigenvalue weighted by Crippen LogP contribution is -2.28. The molecule has 80 valence electrons. The molecular formula is C10H13ClN4. The summed E-state index contributed by atoms with van der Waals surface area (Å²) in [5.41, 5.74) is 0. The van der Waals surface area contributed by atoms with Gasteiger partial charge in [0.2, 0.25) is 5.28 Å². The van der Waals surface area contributed by atoms with Crippen molar-refractivity contribution >= 4 is 17.4 Å². The first kappa shape index (κ1) is 11.7. The average molecular weight is 225 g/mol. The molecule has 0 aliphatic carbocycles. The summed E-state index contributed by atoms with van der Waals surface area (Å²) in [6.45, 7) is 5.34. The highest BCUT2D eigenvalue weighted by molar-refractivity contribution is 6.28. The Bertz CT molecular complexity index is 361. The molecule has 0 aliphatic heterocycles. The van der Waals surface area contributed by atoms with Crippen LogP contribution in [-0.2, 0) is 0 Å². The van der Waals surface area contributed by atoms with Gasteiger partial charge in [-0.3, -0.25) is 0 Å². The summed E-state index contributed by atoms with van der Waals surface area (Å²) in [6, 6.07) is 3.99. The van der Waals surface area contributed by atoms with Crippen LogP contribution in [0.25, 0.3) is 0 Å². The number of halogens is 1. The van der Waals surface area contributed by atoms with Gasteiger partial charge in [-0.15, -0.1) is 0 Å². The summed E-state index contributed by atoms with van der Waals surface area (Å²) >= 11 is 5.70. The van der Waals surface area contributed by atoms with E-state index in [1.807, 2.05) is 18.7 Å². The van der Waals surface area contributed by atoms with Crippen LogP contribution in [0.2, 0.25) is 5.28 Å². The number of hydrogen-bond acceptors (Lipinski definition) is 4. The molecule has 0 saturated heterocycles. The van der Waals surface area contributed by atoms with E-state index in [2.05, 4.69) is 16.0 Å². The van der Waals surface area contributed by atoms with Crippen LogP contribution in [0.15, 0.2) is 12.3 Å². The zero-order valence-electron chi connectivity index (χ0n) is 8.81. The van der Waals surface area contributed by atoms with Crippen LogP contribution >= 0.6 is 11.6 Å². The molecule has 0 bridgehead atoms. The second-order valence-electron chi connectivity index (χ2n) is 3.25. The fraction of sp³-hybridized carbons (Fsp3) is 0.500. The fourth-order valence-electron chi connectivity index (χ4n) is 1.26. The smallest absolute Gasteiger partial charge is 0.224 e. The lowest BCUT2D eigenvalue weighted by Gasteiger charge is -2.22. The predicted molar refractivity (Wildman–Crippen MR) is 59.7 cm³/mol. The summed E-state index contributed by atoms with van der Waals surface area (Å²) in [4.78, 5) is 9.92. The van der Waals surface area contributed by atoms with Crippen molar-refractivity contribution in [3.63, 3.8) is 0 Å². The van der Waals surface area contributed by atoms with Crippen molar-refractivity contribution in [3.8, 4) is 6.07 Å². The van der Waals surface area contributed by atoms with Gasteiger partial charge in [0.15, 0.2) is 0 Å². The molecule has 0 spiro atoms. The van der Waals surface area contributed by atoms with Crippen LogP contribution < -0.4 is 4.90 Å². The van der Waals surface area contributed by atoms with Crippen molar-refractivity contribution in [2.75, 3.05) is 18.0 Å². The predicted octanol–water partition coefficient (Wildman–Crippen LogP) is 2.12. The summed E-state index contributed by atoms with van der Waals surface area (Å²) in [6.07, 6.45) is 1.62. The summed E-state index contributed by atoms with van der Waals surface area (Å²) in [5, 5.41) is 8.98. The van der Waals surface area contributed by atoms with Gasteiger partial charge in [0.25, 0.3) is 0 Å². The van der Waals surface area contributed by atoms with E-state index in [-0.39, 0.29) is 11.2 Å². The van der Waals surface area contributed by atoms with Crippen molar-refractivity contribution in [2.45, 2.75) is 13.8 Å². The Morgan fingerprint density at radius 2 is 2.40 bits per heavy atom. The molecule has 5 heteroatoms. The molecule has 1 heterocycles. The maximum atomic E-state index is 8.75. The first-order valence-electron chi connectivity index (χ1n) is 4.80. The third-order valence-corrected chi connectivity index (χ3v) is 2.21. The first-order chi connectivity index (χ1) is 7.17. The van der Waals surface area contributed by atoms with Gasteiger partial charge >= 0.3 is 0 Å². The molecule has 1 unspecified atom stereocenters. The van der Waals surface area contributed by atoms with Gasteiger partial charge in [0, 0.05) is 19.3 Å². The van der Waals surface area contributed by atoms with Gasteiger partial charge in [-0.05, 0) is 31.5 Å². The Morgan fingerprint density at radius 3 is 2.93 bits per heavy atom. The Balaban J connectivity index is 2.79. The third kappa shape index (κ3) is 3.37. The minimum atomic E-state index is -0.0290. The molecule has 1 aromatic heterocycles. The molecule has 0 aliphatic rings. The standard InChI is InChI=1S/C10H13ClN4/c1-3-15(7-8(2)6-12)9-4-5-13-10(11)14-9/h4-5,8H,3,7H2,1-2H3. The van der Waals surface area contributed by atoms with Gasteiger partial charge in [-0.25, -0.2) is 9.97 Å². The normalized spacial score (nSPS) is 11.9. The Hall–Kier alpha value is -1.34. The van der Waals surface area contributed by atoms with Gasteiger partial charge in [0.05, 0.1) is 12.0 Å². The number of hydrogen-bond donors (Lipinski definition) is 0. The highest BCUT2D eigenvalue weighted by Crippen LogP contribution is 2.13. The van der Waals surface area contributed by atoms with Crippen LogP contribution in [0.4, 0.5) is 5.82 Å². The summed E-state index contributed by atoms with van der Waals surface area (Å²) < 4.78 is 0. The van der Waals surface area contributed by atoms with Crippen LogP contribution in [-0.4, -0.2) is 23.1 Å². The van der Waals surface area contributed by atoms with Gasteiger partial charge < -0.3 is 4.90 Å². The average Bonchev–Trinajstić information content (AvgIpc) is 2.25. The van der Waals surface area contributed by atoms with E-state index in [0.29, 0.717) is 6.54 Å². The van der Waals surface area contributed by atoms with Crippen LogP contribution in [0, 0.1) is 17.2 Å². The van der Waals surface area contributed by atoms with E-state index in [4.69, 9.17) is 16.9 Å². The first-order valence-corrected chi connectivity index (χ1v) is 5.18. The second-order valence-corrected chi connectivity index (χ2v) is 3.59. The maximum Gasteiger partial charge on any atom is 0.224 e. The monoisotopic (exact) mass is 224 g/mol. The van der Waals surface area contributed by atoms with Gasteiger partial charge in [-0.1, -0.05) is 0 Å². The SMILES string of the molecule is CCN(CC(C)C#N)c1ccnc(Cl)n1. The van der Waals surface area contributed by atoms with E-state index < -0.39 is 0 Å². The van der Waals surface area contributed by atoms with Crippen molar-refractivity contribution < 1.29 is 0 Å². The van der Waals surface area contributed by atoms with Gasteiger partial charge in [-0.2, -0.15) is 5.26 Å². The number of anilines is 1. The van der Waals surface area contributed by atoms with E-state index >= 15 is 0 Å². The molecule has 15 heavy (non-hydrogen) atoms. The van der Waals surface area contributed by atoms with Crippen molar-refractivity contribution in [2.24, 2.45) is 5.92 Å². The highest BCUT2D eigenvalue weighted by atomic mass is 35.5. The topological polar surface area (TPSA) is 52.8 Å². The lowest BCUT2D eigenvalue weighted by atomic mass is 10.2. The molecule has 0 radical (unpaired) electrons. The molecule has 0 aromatic carbocycles. The maximum absolute atomic E-state index is 8.75. The highest BCUT2D eigenvalue weighted by Gasteiger charge is 2.10. The summed E-state index contributed by atoms with van der Waals surface area (Å²) in [5.74, 6) is 0.735. The van der Waals surface area contributed by atoms with E-state index in [9.17, 15) is 0 Å². The van der Waals surface area contributed by atoms with E-state index in [1.54, 1.807) is 12.3 Å². The number of nitrogens with zero attached hydrogens (tertiary/aromatic N) is 4. The van der Waals surface area contributed by atoms with Crippen LogP contribution in [0.3, 0.4) is 0 Å². The lowest BCUT2D eigenvalue weighted by molar-refractivity contribution is 0.678. The number of nitriles is 1. The van der Waals surface area contributed by atoms with E-state index in [1.165, 1.54) is 0 Å². The Kier molecular flexibility index (Phi) is 4.32. The Morgan fingerprint density at radius 1 is 1.67 bits per heavy atom. The zero-order chi connectivity index (χ0) is 11.3. The summed E-state index contributed by atoms with van der Waals surface area (Å²) in [7, 11) is 0. The largest absolute Gasteiger partial charge is 0.355 e. The number of aromatic nitrogens is 2. The third-order valence-electron chi connectivity index (χ3n) is 2.03. The van der Waals surface area contributed by atoms with Crippen molar-refractivity contribution in [1.29, 1.82) is 5.26 Å². The zero-order valence-corrected chi connectivity index (χ0v) is 9.57. The number of rotatable bonds is 4. The molecule has 1 rings (SSSR count). The second kappa shape index (κ2) is 5.52. The molecule has 0 amide bonds. The minimum absolute atomic E-state index is 0.0290. The molecule has 4 nitrogen and oxygen atoms in total. The van der Waals surface area contributed by atoms with Gasteiger partial charge in [0.1, 0.15) is 5.82 Å². The molecule has 1 atom stereocenters. The quantitative estimate of drug-likeness (QED) is 0.736. The minimum Gasteiger partial charge on any atom is -0.355 e. The van der Waals surface area contributed by atoms with E-state index in [0.717, 1.165) is 12.4 Å². The van der Waals surface area contributed by atoms with Crippen LogP contribution in [0.1, 0.15) is 13.8 Å². The molecule has 0 fully saturated rings. The van der Waals surface area contributed by atoms with Crippen molar-refractivity contribution in [3.05, 3.63) is 17.5 Å².